The van der Waals surface area contributed by atoms with Gasteiger partial charge in [-0.25, -0.2) is 0 Å². The lowest BCUT2D eigenvalue weighted by Crippen LogP contribution is -2.14. The van der Waals surface area contributed by atoms with Crippen LogP contribution in [0.25, 0.3) is 0 Å². The summed E-state index contributed by atoms with van der Waals surface area (Å²) in [4.78, 5) is 10.7. The highest BCUT2D eigenvalue weighted by Gasteiger charge is 2.05. The molecule has 1 aromatic carbocycles. The van der Waals surface area contributed by atoms with Gasteiger partial charge in [-0.3, -0.25) is 4.79 Å². The lowest BCUT2D eigenvalue weighted by atomic mass is 10.1. The van der Waals surface area contributed by atoms with E-state index in [1.54, 1.807) is 24.3 Å². The molecule has 0 radical (unpaired) electrons. The monoisotopic (exact) mass is 231 g/mol. The summed E-state index contributed by atoms with van der Waals surface area (Å²) < 4.78 is 4.87. The van der Waals surface area contributed by atoms with Crippen molar-refractivity contribution in [3.63, 3.8) is 0 Å². The largest absolute Gasteiger partial charge is 0.427 e. The van der Waals surface area contributed by atoms with Gasteiger partial charge in [0.2, 0.25) is 0 Å². The minimum absolute atomic E-state index is 0. The number of rotatable bonds is 3. The van der Waals surface area contributed by atoms with E-state index in [9.17, 15) is 4.79 Å². The van der Waals surface area contributed by atoms with Crippen molar-refractivity contribution in [2.45, 2.75) is 13.0 Å². The third kappa shape index (κ3) is 4.29. The number of carbonyl (C=O) groups is 1. The molecule has 0 fully saturated rings. The topological polar surface area (TPSA) is 72.5 Å². The molecule has 4 nitrogen and oxygen atoms in total. The first-order valence-corrected chi connectivity index (χ1v) is 4.28. The Hall–Kier alpha value is -1.10. The average molecular weight is 232 g/mol. The normalized spacial score (nSPS) is 11.4. The highest BCUT2D eigenvalue weighted by atomic mass is 35.5. The molecule has 15 heavy (non-hydrogen) atoms. The van der Waals surface area contributed by atoms with Gasteiger partial charge < -0.3 is 15.6 Å². The van der Waals surface area contributed by atoms with E-state index in [1.165, 1.54) is 6.92 Å². The molecular weight excluding hydrogens is 218 g/mol. The Labute approximate surface area is 94.5 Å². The maximum absolute atomic E-state index is 10.7. The van der Waals surface area contributed by atoms with Crippen LogP contribution in [0.2, 0.25) is 0 Å². The molecule has 1 rings (SSSR count). The Balaban J connectivity index is 0.00000196. The van der Waals surface area contributed by atoms with Crippen molar-refractivity contribution in [2.24, 2.45) is 5.73 Å². The molecule has 0 aromatic heterocycles. The van der Waals surface area contributed by atoms with Gasteiger partial charge in [-0.05, 0) is 17.7 Å². The SMILES string of the molecule is CC(=O)Oc1cccc([C@@H](N)CO)c1.Cl. The number of carbonyl (C=O) groups excluding carboxylic acids is 1. The van der Waals surface area contributed by atoms with Gasteiger partial charge in [0, 0.05) is 6.92 Å². The number of ether oxygens (including phenoxy) is 1. The summed E-state index contributed by atoms with van der Waals surface area (Å²) in [5, 5.41) is 8.83. The summed E-state index contributed by atoms with van der Waals surface area (Å²) in [6.45, 7) is 1.20. The van der Waals surface area contributed by atoms with Crippen LogP contribution < -0.4 is 10.5 Å². The van der Waals surface area contributed by atoms with Crippen molar-refractivity contribution in [2.75, 3.05) is 6.61 Å². The van der Waals surface area contributed by atoms with Crippen LogP contribution in [0, 0.1) is 0 Å². The summed E-state index contributed by atoms with van der Waals surface area (Å²) in [5.74, 6) is 0.0682. The smallest absolute Gasteiger partial charge is 0.308 e. The first-order valence-electron chi connectivity index (χ1n) is 4.28. The molecule has 0 unspecified atom stereocenters. The Bertz CT molecular complexity index is 330. The quantitative estimate of drug-likeness (QED) is 0.602. The van der Waals surface area contributed by atoms with Crippen LogP contribution in [0.5, 0.6) is 5.75 Å². The molecule has 0 amide bonds. The molecular formula is C10H14ClNO3. The number of hydrogen-bond acceptors (Lipinski definition) is 4. The van der Waals surface area contributed by atoms with Gasteiger partial charge in [-0.2, -0.15) is 0 Å². The van der Waals surface area contributed by atoms with Crippen molar-refractivity contribution >= 4 is 18.4 Å². The maximum atomic E-state index is 10.7. The van der Waals surface area contributed by atoms with Crippen LogP contribution in [0.4, 0.5) is 0 Å². The van der Waals surface area contributed by atoms with E-state index >= 15 is 0 Å². The Kier molecular flexibility index (Phi) is 5.93. The lowest BCUT2D eigenvalue weighted by molar-refractivity contribution is -0.131. The van der Waals surface area contributed by atoms with Gasteiger partial charge in [-0.15, -0.1) is 12.4 Å². The van der Waals surface area contributed by atoms with E-state index in [-0.39, 0.29) is 25.0 Å². The Morgan fingerprint density at radius 2 is 2.27 bits per heavy atom. The van der Waals surface area contributed by atoms with Crippen LogP contribution >= 0.6 is 12.4 Å². The van der Waals surface area contributed by atoms with Crippen LogP contribution in [-0.4, -0.2) is 17.7 Å². The highest BCUT2D eigenvalue weighted by molar-refractivity contribution is 5.85. The van der Waals surface area contributed by atoms with Crippen LogP contribution in [0.1, 0.15) is 18.5 Å². The van der Waals surface area contributed by atoms with Crippen LogP contribution in [0.15, 0.2) is 24.3 Å². The van der Waals surface area contributed by atoms with Crippen molar-refractivity contribution in [3.8, 4) is 5.75 Å². The number of hydrogen-bond donors (Lipinski definition) is 2. The molecule has 1 atom stereocenters. The fraction of sp³-hybridized carbons (Fsp3) is 0.300. The van der Waals surface area contributed by atoms with Gasteiger partial charge >= 0.3 is 5.97 Å². The molecule has 84 valence electrons. The van der Waals surface area contributed by atoms with Crippen molar-refractivity contribution < 1.29 is 14.6 Å². The summed E-state index contributed by atoms with van der Waals surface area (Å²) in [6.07, 6.45) is 0. The predicted octanol–water partition coefficient (Wildman–Crippen LogP) is 1.03. The number of benzene rings is 1. The number of aliphatic hydroxyl groups excluding tert-OH is 1. The van der Waals surface area contributed by atoms with E-state index in [4.69, 9.17) is 15.6 Å². The number of halogens is 1. The van der Waals surface area contributed by atoms with E-state index in [1.807, 2.05) is 0 Å². The fourth-order valence-electron chi connectivity index (χ4n) is 1.08. The van der Waals surface area contributed by atoms with Crippen molar-refractivity contribution in [1.29, 1.82) is 0 Å². The standard InChI is InChI=1S/C10H13NO3.ClH/c1-7(13)14-9-4-2-3-8(5-9)10(11)6-12;/h2-5,10,12H,6,11H2,1H3;1H/t10-;/m0./s1. The minimum atomic E-state index is -0.439. The third-order valence-electron chi connectivity index (χ3n) is 1.74. The van der Waals surface area contributed by atoms with Crippen molar-refractivity contribution in [3.05, 3.63) is 29.8 Å². The minimum Gasteiger partial charge on any atom is -0.427 e. The first-order chi connectivity index (χ1) is 6.63. The molecule has 5 heteroatoms. The van der Waals surface area contributed by atoms with Gasteiger partial charge in [0.1, 0.15) is 5.75 Å². The zero-order valence-electron chi connectivity index (χ0n) is 8.34. The zero-order chi connectivity index (χ0) is 10.6. The summed E-state index contributed by atoms with van der Waals surface area (Å²) >= 11 is 0. The third-order valence-corrected chi connectivity index (χ3v) is 1.74. The van der Waals surface area contributed by atoms with Crippen LogP contribution in [-0.2, 0) is 4.79 Å². The zero-order valence-corrected chi connectivity index (χ0v) is 9.16. The molecule has 0 aliphatic carbocycles. The molecule has 0 aliphatic rings. The maximum Gasteiger partial charge on any atom is 0.308 e. The van der Waals surface area contributed by atoms with Gasteiger partial charge in [0.15, 0.2) is 0 Å². The van der Waals surface area contributed by atoms with E-state index in [2.05, 4.69) is 0 Å². The van der Waals surface area contributed by atoms with E-state index < -0.39 is 6.04 Å². The van der Waals surface area contributed by atoms with E-state index in [0.717, 1.165) is 5.56 Å². The molecule has 0 aliphatic heterocycles. The van der Waals surface area contributed by atoms with Gasteiger partial charge in [0.05, 0.1) is 12.6 Å². The van der Waals surface area contributed by atoms with Gasteiger partial charge in [0.25, 0.3) is 0 Å². The van der Waals surface area contributed by atoms with E-state index in [0.29, 0.717) is 5.75 Å². The summed E-state index contributed by atoms with van der Waals surface area (Å²) in [5.41, 5.74) is 6.35. The molecule has 0 heterocycles. The molecule has 0 saturated carbocycles. The second-order valence-electron chi connectivity index (χ2n) is 2.96. The second-order valence-corrected chi connectivity index (χ2v) is 2.96. The molecule has 0 saturated heterocycles. The molecule has 0 spiro atoms. The molecule has 1 aromatic rings. The summed E-state index contributed by atoms with van der Waals surface area (Å²) in [7, 11) is 0. The second kappa shape index (κ2) is 6.40. The average Bonchev–Trinajstić information content (AvgIpc) is 2.16. The number of esters is 1. The van der Waals surface area contributed by atoms with Gasteiger partial charge in [-0.1, -0.05) is 12.1 Å². The predicted molar refractivity (Wildman–Crippen MR) is 59.0 cm³/mol. The molecule has 3 N–H and O–H groups in total. The number of nitrogens with two attached hydrogens (primary N) is 1. The number of aliphatic hydroxyl groups is 1. The fourth-order valence-corrected chi connectivity index (χ4v) is 1.08. The lowest BCUT2D eigenvalue weighted by Gasteiger charge is -2.09. The molecule has 0 bridgehead atoms. The van der Waals surface area contributed by atoms with Crippen molar-refractivity contribution in [1.82, 2.24) is 0 Å². The Morgan fingerprint density at radius 1 is 1.60 bits per heavy atom. The summed E-state index contributed by atoms with van der Waals surface area (Å²) in [6, 6.07) is 6.36. The highest BCUT2D eigenvalue weighted by Crippen LogP contribution is 2.17. The first kappa shape index (κ1) is 13.9. The van der Waals surface area contributed by atoms with Crippen LogP contribution in [0.3, 0.4) is 0 Å². The Morgan fingerprint density at radius 3 is 2.80 bits per heavy atom.